The fourth-order valence-electron chi connectivity index (χ4n) is 4.52. The van der Waals surface area contributed by atoms with E-state index in [1.807, 2.05) is 43.8 Å². The van der Waals surface area contributed by atoms with Gasteiger partial charge in [0.05, 0.1) is 16.8 Å². The molecule has 0 unspecified atom stereocenters. The summed E-state index contributed by atoms with van der Waals surface area (Å²) < 4.78 is 7.68. The number of anilines is 1. The minimum atomic E-state index is 0.0890. The lowest BCUT2D eigenvalue weighted by Crippen LogP contribution is -2.12. The van der Waals surface area contributed by atoms with E-state index in [1.165, 1.54) is 32.1 Å². The molecule has 3 aromatic rings. The van der Waals surface area contributed by atoms with Gasteiger partial charge in [0.1, 0.15) is 22.6 Å². The molecule has 2 heterocycles. The van der Waals surface area contributed by atoms with Crippen LogP contribution >= 0.6 is 11.6 Å². The highest BCUT2D eigenvalue weighted by Gasteiger charge is 2.23. The molecule has 0 aliphatic heterocycles. The Balaban J connectivity index is 1.65. The van der Waals surface area contributed by atoms with Gasteiger partial charge in [0.25, 0.3) is 0 Å². The molecule has 1 aliphatic carbocycles. The third-order valence-electron chi connectivity index (χ3n) is 6.05. The van der Waals surface area contributed by atoms with Gasteiger partial charge in [-0.1, -0.05) is 50.3 Å². The number of aryl methyl sites for hydroxylation is 2. The number of hydrogen-bond donors (Lipinski definition) is 1. The number of rotatable bonds is 8. The summed E-state index contributed by atoms with van der Waals surface area (Å²) in [4.78, 5) is 10.0. The number of nitrogens with zero attached hydrogens (tertiary/aromatic N) is 4. The van der Waals surface area contributed by atoms with Crippen LogP contribution in [-0.4, -0.2) is 25.9 Å². The van der Waals surface area contributed by atoms with Crippen molar-refractivity contribution in [2.24, 2.45) is 7.05 Å². The molecule has 2 aromatic heterocycles. The lowest BCUT2D eigenvalue weighted by atomic mass is 9.88. The van der Waals surface area contributed by atoms with E-state index in [0.717, 1.165) is 46.8 Å². The molecular weight excluding hydrogens is 422 g/mol. The van der Waals surface area contributed by atoms with Crippen molar-refractivity contribution >= 4 is 28.5 Å². The first-order chi connectivity index (χ1) is 15.5. The van der Waals surface area contributed by atoms with E-state index in [-0.39, 0.29) is 6.10 Å². The molecule has 0 amide bonds. The smallest absolute Gasteiger partial charge is 0.156 e. The highest BCUT2D eigenvalue weighted by Crippen LogP contribution is 2.34. The van der Waals surface area contributed by atoms with Crippen molar-refractivity contribution in [3.8, 4) is 5.75 Å². The van der Waals surface area contributed by atoms with Crippen LogP contribution in [0.25, 0.3) is 11.0 Å². The second-order valence-electron chi connectivity index (χ2n) is 9.07. The Morgan fingerprint density at radius 1 is 1.19 bits per heavy atom. The van der Waals surface area contributed by atoms with Crippen LogP contribution in [0.4, 0.5) is 5.82 Å². The summed E-state index contributed by atoms with van der Waals surface area (Å²) in [5.41, 5.74) is 4.10. The van der Waals surface area contributed by atoms with Crippen molar-refractivity contribution < 1.29 is 4.74 Å². The van der Waals surface area contributed by atoms with Gasteiger partial charge in [0.2, 0.25) is 0 Å². The van der Waals surface area contributed by atoms with Gasteiger partial charge in [-0.05, 0) is 50.8 Å². The molecule has 1 aromatic carbocycles. The minimum absolute atomic E-state index is 0.0890. The van der Waals surface area contributed by atoms with Crippen LogP contribution in [0.15, 0.2) is 18.2 Å². The molecule has 0 bridgehead atoms. The number of benzene rings is 1. The molecule has 6 nitrogen and oxygen atoms in total. The van der Waals surface area contributed by atoms with E-state index in [9.17, 15) is 0 Å². The molecular formula is C25H34ClN5O. The van der Waals surface area contributed by atoms with Gasteiger partial charge in [0.15, 0.2) is 5.82 Å². The molecule has 4 rings (SSSR count). The van der Waals surface area contributed by atoms with Crippen molar-refractivity contribution in [3.05, 3.63) is 40.3 Å². The van der Waals surface area contributed by atoms with Crippen molar-refractivity contribution in [2.45, 2.75) is 84.3 Å². The summed E-state index contributed by atoms with van der Waals surface area (Å²) in [6.07, 6.45) is 8.22. The molecule has 0 saturated heterocycles. The maximum Gasteiger partial charge on any atom is 0.156 e. The first-order valence-electron chi connectivity index (χ1n) is 11.9. The third-order valence-corrected chi connectivity index (χ3v) is 6.34. The lowest BCUT2D eigenvalue weighted by Gasteiger charge is -2.21. The van der Waals surface area contributed by atoms with Crippen LogP contribution in [-0.2, 0) is 20.0 Å². The molecule has 32 heavy (non-hydrogen) atoms. The Morgan fingerprint density at radius 3 is 2.66 bits per heavy atom. The van der Waals surface area contributed by atoms with Gasteiger partial charge in [-0.3, -0.25) is 4.68 Å². The van der Waals surface area contributed by atoms with E-state index in [4.69, 9.17) is 31.4 Å². The monoisotopic (exact) mass is 455 g/mol. The fourth-order valence-corrected chi connectivity index (χ4v) is 4.77. The first kappa shape index (κ1) is 22.8. The lowest BCUT2D eigenvalue weighted by molar-refractivity contribution is 0.242. The molecule has 1 N–H and O–H groups in total. The fraction of sp³-hybridized carbons (Fsp3) is 0.560. The molecule has 1 saturated carbocycles. The van der Waals surface area contributed by atoms with Gasteiger partial charge in [-0.2, -0.15) is 5.10 Å². The number of halogens is 1. The quantitative estimate of drug-likeness (QED) is 0.424. The Kier molecular flexibility index (Phi) is 7.19. The Bertz CT molecular complexity index is 1070. The molecule has 0 atom stereocenters. The minimum Gasteiger partial charge on any atom is -0.489 e. The SMILES string of the molecule is CCCc1nn(C)c2c(NCc3ccc(OC(C)C)c(Cl)c3)nc(C3CCCCC3)nc12. The summed E-state index contributed by atoms with van der Waals surface area (Å²) in [7, 11) is 1.98. The third kappa shape index (κ3) is 5.01. The van der Waals surface area contributed by atoms with E-state index in [0.29, 0.717) is 23.2 Å². The summed E-state index contributed by atoms with van der Waals surface area (Å²) in [6.45, 7) is 6.79. The Morgan fingerprint density at radius 2 is 1.97 bits per heavy atom. The van der Waals surface area contributed by atoms with Gasteiger partial charge in [0, 0.05) is 19.5 Å². The van der Waals surface area contributed by atoms with Crippen LogP contribution in [0.1, 0.15) is 82.3 Å². The standard InChI is InChI=1S/C25H34ClN5O/c1-5-9-20-22-23(31(4)30-20)25(29-24(28-22)18-10-7-6-8-11-18)27-15-17-12-13-21(19(26)14-17)32-16(2)3/h12-14,16,18H,5-11,15H2,1-4H3,(H,27,28,29). The first-order valence-corrected chi connectivity index (χ1v) is 12.3. The Hall–Kier alpha value is -2.34. The average Bonchev–Trinajstić information content (AvgIpc) is 3.10. The van der Waals surface area contributed by atoms with Crippen LogP contribution in [0.3, 0.4) is 0 Å². The van der Waals surface area contributed by atoms with E-state index in [1.54, 1.807) is 0 Å². The van der Waals surface area contributed by atoms with Crippen LogP contribution < -0.4 is 10.1 Å². The van der Waals surface area contributed by atoms with Gasteiger partial charge >= 0.3 is 0 Å². The summed E-state index contributed by atoms with van der Waals surface area (Å²) in [6, 6.07) is 5.94. The van der Waals surface area contributed by atoms with Crippen molar-refractivity contribution in [3.63, 3.8) is 0 Å². The highest BCUT2D eigenvalue weighted by molar-refractivity contribution is 6.32. The summed E-state index contributed by atoms with van der Waals surface area (Å²) in [5, 5.41) is 8.95. The van der Waals surface area contributed by atoms with Crippen LogP contribution in [0.2, 0.25) is 5.02 Å². The normalized spacial score (nSPS) is 14.9. The molecule has 0 radical (unpaired) electrons. The molecule has 1 fully saturated rings. The number of fused-ring (bicyclic) bond motifs is 1. The number of ether oxygens (including phenoxy) is 1. The number of nitrogens with one attached hydrogen (secondary N) is 1. The van der Waals surface area contributed by atoms with Crippen molar-refractivity contribution in [1.29, 1.82) is 0 Å². The summed E-state index contributed by atoms with van der Waals surface area (Å²) >= 11 is 6.45. The Labute approximate surface area is 195 Å². The van der Waals surface area contributed by atoms with Gasteiger partial charge in [-0.15, -0.1) is 0 Å². The zero-order chi connectivity index (χ0) is 22.7. The highest BCUT2D eigenvalue weighted by atomic mass is 35.5. The van der Waals surface area contributed by atoms with Crippen molar-refractivity contribution in [2.75, 3.05) is 5.32 Å². The zero-order valence-electron chi connectivity index (χ0n) is 19.6. The molecule has 0 spiro atoms. The van der Waals surface area contributed by atoms with Gasteiger partial charge in [-0.25, -0.2) is 9.97 Å². The zero-order valence-corrected chi connectivity index (χ0v) is 20.4. The molecule has 1 aliphatic rings. The van der Waals surface area contributed by atoms with E-state index >= 15 is 0 Å². The second kappa shape index (κ2) is 10.1. The largest absolute Gasteiger partial charge is 0.489 e. The van der Waals surface area contributed by atoms with Crippen LogP contribution in [0.5, 0.6) is 5.75 Å². The van der Waals surface area contributed by atoms with E-state index in [2.05, 4.69) is 12.2 Å². The number of aromatic nitrogens is 4. The topological polar surface area (TPSA) is 64.9 Å². The van der Waals surface area contributed by atoms with Crippen molar-refractivity contribution in [1.82, 2.24) is 19.7 Å². The molecule has 172 valence electrons. The summed E-state index contributed by atoms with van der Waals surface area (Å²) in [5.74, 6) is 2.96. The predicted molar refractivity (Wildman–Crippen MR) is 131 cm³/mol. The van der Waals surface area contributed by atoms with E-state index < -0.39 is 0 Å². The number of hydrogen-bond acceptors (Lipinski definition) is 5. The maximum atomic E-state index is 6.45. The van der Waals surface area contributed by atoms with Crippen LogP contribution in [0, 0.1) is 0 Å². The van der Waals surface area contributed by atoms with Gasteiger partial charge < -0.3 is 10.1 Å². The second-order valence-corrected chi connectivity index (χ2v) is 9.47. The average molecular weight is 456 g/mol. The molecule has 7 heteroatoms. The predicted octanol–water partition coefficient (Wildman–Crippen LogP) is 6.42. The maximum absolute atomic E-state index is 6.45.